The summed E-state index contributed by atoms with van der Waals surface area (Å²) < 4.78 is 27.9. The number of sulfonamides is 1. The molecule has 1 heterocycles. The first-order valence-corrected chi connectivity index (χ1v) is 7.39. The van der Waals surface area contributed by atoms with Gasteiger partial charge in [-0.2, -0.15) is 24.0 Å². The average molecular weight is 322 g/mol. The van der Waals surface area contributed by atoms with Gasteiger partial charge in [0.2, 0.25) is 0 Å². The molecule has 0 amide bonds. The summed E-state index contributed by atoms with van der Waals surface area (Å²) in [6.45, 7) is 0. The number of nitrogens with zero attached hydrogens (tertiary/aromatic N) is 4. The molecule has 9 heteroatoms. The highest BCUT2D eigenvalue weighted by molar-refractivity contribution is 7.92. The number of aryl methyl sites for hydroxylation is 1. The van der Waals surface area contributed by atoms with Crippen LogP contribution in [0.25, 0.3) is 0 Å². The Bertz CT molecular complexity index is 870. The van der Waals surface area contributed by atoms with Crippen LogP contribution in [0.1, 0.15) is 11.1 Å². The van der Waals surface area contributed by atoms with Crippen molar-refractivity contribution in [2.75, 3.05) is 4.72 Å². The first-order chi connectivity index (χ1) is 9.89. The standard InChI is InChI=1S/C12H8ClN5O2S/c1-18-12(11(13)7-16-18)21(19,20)17-10-3-2-8(5-14)9(4-10)6-15/h2-4,7,17H,1H3. The van der Waals surface area contributed by atoms with Crippen molar-refractivity contribution in [3.8, 4) is 12.1 Å². The van der Waals surface area contributed by atoms with E-state index in [4.69, 9.17) is 22.1 Å². The number of benzene rings is 1. The van der Waals surface area contributed by atoms with E-state index in [9.17, 15) is 8.42 Å². The summed E-state index contributed by atoms with van der Waals surface area (Å²) >= 11 is 5.80. The van der Waals surface area contributed by atoms with Crippen LogP contribution in [0.2, 0.25) is 5.02 Å². The number of hydrogen-bond donors (Lipinski definition) is 1. The molecule has 2 aromatic rings. The molecule has 7 nitrogen and oxygen atoms in total. The van der Waals surface area contributed by atoms with Crippen LogP contribution in [0.5, 0.6) is 0 Å². The lowest BCUT2D eigenvalue weighted by atomic mass is 10.1. The lowest BCUT2D eigenvalue weighted by Gasteiger charge is -2.09. The highest BCUT2D eigenvalue weighted by atomic mass is 35.5. The van der Waals surface area contributed by atoms with Gasteiger partial charge in [0.1, 0.15) is 12.1 Å². The van der Waals surface area contributed by atoms with E-state index in [0.29, 0.717) is 0 Å². The Morgan fingerprint density at radius 1 is 1.29 bits per heavy atom. The van der Waals surface area contributed by atoms with Crippen molar-refractivity contribution < 1.29 is 8.42 Å². The van der Waals surface area contributed by atoms with Crippen LogP contribution in [0.15, 0.2) is 29.4 Å². The van der Waals surface area contributed by atoms with Crippen molar-refractivity contribution >= 4 is 27.3 Å². The van der Waals surface area contributed by atoms with Gasteiger partial charge in [-0.15, -0.1) is 0 Å². The van der Waals surface area contributed by atoms with Gasteiger partial charge in [-0.05, 0) is 18.2 Å². The number of nitriles is 2. The molecule has 0 fully saturated rings. The highest BCUT2D eigenvalue weighted by Gasteiger charge is 2.23. The fourth-order valence-electron chi connectivity index (χ4n) is 1.70. The zero-order chi connectivity index (χ0) is 15.6. The zero-order valence-corrected chi connectivity index (χ0v) is 12.3. The molecule has 1 N–H and O–H groups in total. The third-order valence-corrected chi connectivity index (χ3v) is 4.50. The van der Waals surface area contributed by atoms with Crippen molar-refractivity contribution in [1.29, 1.82) is 10.5 Å². The van der Waals surface area contributed by atoms with Gasteiger partial charge in [0.05, 0.1) is 28.0 Å². The number of hydrogen-bond acceptors (Lipinski definition) is 5. The summed E-state index contributed by atoms with van der Waals surface area (Å²) in [5.41, 5.74) is 0.399. The maximum absolute atomic E-state index is 12.3. The third-order valence-electron chi connectivity index (χ3n) is 2.61. The second-order valence-corrected chi connectivity index (χ2v) is 6.02. The van der Waals surface area contributed by atoms with E-state index in [2.05, 4.69) is 9.82 Å². The third kappa shape index (κ3) is 2.82. The second-order valence-electron chi connectivity index (χ2n) is 4.01. The summed E-state index contributed by atoms with van der Waals surface area (Å²) in [6, 6.07) is 7.71. The minimum atomic E-state index is -3.95. The molecular formula is C12H8ClN5O2S. The Kier molecular flexibility index (Phi) is 3.85. The van der Waals surface area contributed by atoms with Gasteiger partial charge < -0.3 is 0 Å². The predicted molar refractivity (Wildman–Crippen MR) is 74.9 cm³/mol. The Morgan fingerprint density at radius 2 is 1.95 bits per heavy atom. The van der Waals surface area contributed by atoms with Crippen LogP contribution in [0, 0.1) is 22.7 Å². The van der Waals surface area contributed by atoms with Crippen molar-refractivity contribution in [1.82, 2.24) is 9.78 Å². The Morgan fingerprint density at radius 3 is 2.48 bits per heavy atom. The van der Waals surface area contributed by atoms with E-state index in [1.165, 1.54) is 31.4 Å². The van der Waals surface area contributed by atoms with Gasteiger partial charge in [-0.1, -0.05) is 11.6 Å². The molecule has 21 heavy (non-hydrogen) atoms. The van der Waals surface area contributed by atoms with Crippen LogP contribution < -0.4 is 4.72 Å². The highest BCUT2D eigenvalue weighted by Crippen LogP contribution is 2.23. The number of aromatic nitrogens is 2. The molecule has 2 rings (SSSR count). The van der Waals surface area contributed by atoms with Crippen molar-refractivity contribution in [3.63, 3.8) is 0 Å². The van der Waals surface area contributed by atoms with Crippen molar-refractivity contribution in [2.24, 2.45) is 7.05 Å². The molecule has 0 atom stereocenters. The smallest absolute Gasteiger partial charge is 0.278 e. The molecule has 1 aromatic carbocycles. The maximum atomic E-state index is 12.3. The van der Waals surface area contributed by atoms with Gasteiger partial charge in [-0.25, -0.2) is 0 Å². The molecule has 0 radical (unpaired) electrons. The minimum Gasteiger partial charge on any atom is -0.278 e. The Labute approximate surface area is 126 Å². The molecule has 1 aromatic heterocycles. The molecule has 0 spiro atoms. The first kappa shape index (κ1) is 14.9. The second kappa shape index (κ2) is 5.44. The van der Waals surface area contributed by atoms with Crippen molar-refractivity contribution in [2.45, 2.75) is 5.03 Å². The van der Waals surface area contributed by atoms with Gasteiger partial charge in [0.15, 0.2) is 5.03 Å². The fraction of sp³-hybridized carbons (Fsp3) is 0.0833. The Balaban J connectivity index is 2.44. The number of anilines is 1. The van der Waals surface area contributed by atoms with Crippen LogP contribution in [-0.2, 0) is 17.1 Å². The van der Waals surface area contributed by atoms with E-state index >= 15 is 0 Å². The summed E-state index contributed by atoms with van der Waals surface area (Å²) in [5, 5.41) is 21.3. The van der Waals surface area contributed by atoms with Gasteiger partial charge in [0, 0.05) is 7.05 Å². The van der Waals surface area contributed by atoms with Gasteiger partial charge in [0.25, 0.3) is 10.0 Å². The SMILES string of the molecule is Cn1ncc(Cl)c1S(=O)(=O)Nc1ccc(C#N)c(C#N)c1. The lowest BCUT2D eigenvalue weighted by molar-refractivity contribution is 0.582. The van der Waals surface area contributed by atoms with Crippen LogP contribution in [-0.4, -0.2) is 18.2 Å². The molecule has 0 aliphatic rings. The Hall–Kier alpha value is -2.55. The molecule has 0 saturated carbocycles. The average Bonchev–Trinajstić information content (AvgIpc) is 2.78. The summed E-state index contributed by atoms with van der Waals surface area (Å²) in [6.07, 6.45) is 1.22. The molecule has 0 saturated heterocycles. The molecule has 0 aliphatic heterocycles. The topological polar surface area (TPSA) is 112 Å². The number of rotatable bonds is 3. The van der Waals surface area contributed by atoms with Crippen LogP contribution in [0.4, 0.5) is 5.69 Å². The minimum absolute atomic E-state index is 0.0147. The van der Waals surface area contributed by atoms with E-state index in [0.717, 1.165) is 4.68 Å². The summed E-state index contributed by atoms with van der Waals surface area (Å²) in [7, 11) is -2.51. The number of halogens is 1. The number of nitrogens with one attached hydrogen (secondary N) is 1. The maximum Gasteiger partial charge on any atom is 0.280 e. The molecular weight excluding hydrogens is 314 g/mol. The lowest BCUT2D eigenvalue weighted by Crippen LogP contribution is -2.17. The van der Waals surface area contributed by atoms with Crippen LogP contribution in [0.3, 0.4) is 0 Å². The predicted octanol–water partition coefficient (Wildman–Crippen LogP) is 1.62. The van der Waals surface area contributed by atoms with E-state index in [1.54, 1.807) is 0 Å². The van der Waals surface area contributed by atoms with E-state index in [-0.39, 0.29) is 26.9 Å². The molecule has 0 bridgehead atoms. The summed E-state index contributed by atoms with van der Waals surface area (Å²) in [5.74, 6) is 0. The van der Waals surface area contributed by atoms with E-state index in [1.807, 2.05) is 12.1 Å². The largest absolute Gasteiger partial charge is 0.280 e. The molecule has 0 unspecified atom stereocenters. The quantitative estimate of drug-likeness (QED) is 0.923. The monoisotopic (exact) mass is 321 g/mol. The van der Waals surface area contributed by atoms with Crippen LogP contribution >= 0.6 is 11.6 Å². The zero-order valence-electron chi connectivity index (χ0n) is 10.7. The van der Waals surface area contributed by atoms with Gasteiger partial charge in [-0.3, -0.25) is 9.40 Å². The van der Waals surface area contributed by atoms with E-state index < -0.39 is 10.0 Å². The summed E-state index contributed by atoms with van der Waals surface area (Å²) in [4.78, 5) is 0. The van der Waals surface area contributed by atoms with Crippen molar-refractivity contribution in [3.05, 3.63) is 40.5 Å². The first-order valence-electron chi connectivity index (χ1n) is 5.53. The fourth-order valence-corrected chi connectivity index (χ4v) is 3.41. The van der Waals surface area contributed by atoms with Gasteiger partial charge >= 0.3 is 0 Å². The normalized spacial score (nSPS) is 10.7. The molecule has 0 aliphatic carbocycles. The molecule has 106 valence electrons.